The quantitative estimate of drug-likeness (QED) is 0.369. The molecule has 3 amide bonds. The first-order chi connectivity index (χ1) is 11.5. The van der Waals surface area contributed by atoms with Crippen LogP contribution in [-0.2, 0) is 28.7 Å². The number of amides is 3. The van der Waals surface area contributed by atoms with Crippen LogP contribution in [0.4, 0.5) is 0 Å². The van der Waals surface area contributed by atoms with E-state index in [4.69, 9.17) is 9.47 Å². The Balaban J connectivity index is 1.92. The van der Waals surface area contributed by atoms with E-state index in [2.05, 4.69) is 5.32 Å². The zero-order valence-corrected chi connectivity index (χ0v) is 13.9. The van der Waals surface area contributed by atoms with Crippen molar-refractivity contribution in [2.24, 2.45) is 0 Å². The molecule has 0 aromatic rings. The summed E-state index contributed by atoms with van der Waals surface area (Å²) in [5, 5.41) is 2.64. The van der Waals surface area contributed by atoms with Gasteiger partial charge in [0.25, 0.3) is 11.8 Å². The number of nitrogens with zero attached hydrogens (tertiary/aromatic N) is 1. The van der Waals surface area contributed by atoms with Gasteiger partial charge in [0.15, 0.2) is 0 Å². The van der Waals surface area contributed by atoms with Crippen molar-refractivity contribution in [3.63, 3.8) is 0 Å². The molecule has 0 radical (unpaired) electrons. The highest BCUT2D eigenvalue weighted by atomic mass is 16.5. The molecule has 1 rings (SSSR count). The molecule has 0 bridgehead atoms. The van der Waals surface area contributed by atoms with Crippen LogP contribution >= 0.6 is 0 Å². The van der Waals surface area contributed by atoms with Gasteiger partial charge in [0, 0.05) is 44.5 Å². The molecule has 8 heteroatoms. The Morgan fingerprint density at radius 1 is 1.00 bits per heavy atom. The lowest BCUT2D eigenvalue weighted by atomic mass is 10.2. The Hall–Kier alpha value is -2.06. The van der Waals surface area contributed by atoms with Crippen LogP contribution in [0.1, 0.15) is 26.2 Å². The molecule has 1 aliphatic heterocycles. The minimum absolute atomic E-state index is 0.0632. The van der Waals surface area contributed by atoms with Crippen molar-refractivity contribution < 1.29 is 28.7 Å². The molecule has 0 aliphatic carbocycles. The summed E-state index contributed by atoms with van der Waals surface area (Å²) < 4.78 is 10.5. The predicted molar refractivity (Wildman–Crippen MR) is 85.0 cm³/mol. The number of hydrogen-bond acceptors (Lipinski definition) is 6. The summed E-state index contributed by atoms with van der Waals surface area (Å²) in [5.41, 5.74) is 0. The minimum Gasteiger partial charge on any atom is -0.379 e. The molecule has 0 unspecified atom stereocenters. The normalized spacial score (nSPS) is 13.6. The molecule has 0 aromatic heterocycles. The van der Waals surface area contributed by atoms with Crippen molar-refractivity contribution in [1.82, 2.24) is 10.2 Å². The lowest BCUT2D eigenvalue weighted by Gasteiger charge is -2.13. The Labute approximate surface area is 141 Å². The molecule has 0 saturated carbocycles. The van der Waals surface area contributed by atoms with E-state index in [-0.39, 0.29) is 24.7 Å². The van der Waals surface area contributed by atoms with Gasteiger partial charge in [-0.1, -0.05) is 6.92 Å². The fourth-order valence-corrected chi connectivity index (χ4v) is 1.90. The van der Waals surface area contributed by atoms with E-state index in [1.165, 1.54) is 12.2 Å². The molecule has 0 spiro atoms. The summed E-state index contributed by atoms with van der Waals surface area (Å²) in [4.78, 5) is 46.2. The van der Waals surface area contributed by atoms with Gasteiger partial charge in [0.05, 0.1) is 26.4 Å². The first-order valence-electron chi connectivity index (χ1n) is 8.02. The number of carbonyl (C=O) groups excluding carboxylic acids is 4. The average molecular weight is 340 g/mol. The number of nitrogens with one attached hydrogen (secondary N) is 1. The number of carbonyl (C=O) groups is 4. The van der Waals surface area contributed by atoms with E-state index < -0.39 is 11.8 Å². The summed E-state index contributed by atoms with van der Waals surface area (Å²) in [7, 11) is 0. The zero-order chi connectivity index (χ0) is 17.8. The summed E-state index contributed by atoms with van der Waals surface area (Å²) in [6.07, 6.45) is 3.39. The maximum Gasteiger partial charge on any atom is 0.253 e. The van der Waals surface area contributed by atoms with Crippen LogP contribution in [0.3, 0.4) is 0 Å². The second-order valence-corrected chi connectivity index (χ2v) is 5.13. The van der Waals surface area contributed by atoms with Crippen molar-refractivity contribution >= 4 is 23.5 Å². The molecule has 24 heavy (non-hydrogen) atoms. The van der Waals surface area contributed by atoms with Crippen LogP contribution in [0.15, 0.2) is 12.2 Å². The van der Waals surface area contributed by atoms with Crippen LogP contribution in [0.2, 0.25) is 0 Å². The zero-order valence-electron chi connectivity index (χ0n) is 13.9. The van der Waals surface area contributed by atoms with Gasteiger partial charge in [0.2, 0.25) is 5.91 Å². The molecule has 8 nitrogen and oxygen atoms in total. The van der Waals surface area contributed by atoms with Gasteiger partial charge in [-0.15, -0.1) is 0 Å². The van der Waals surface area contributed by atoms with E-state index in [1.54, 1.807) is 0 Å². The molecule has 0 fully saturated rings. The van der Waals surface area contributed by atoms with Gasteiger partial charge in [-0.25, -0.2) is 0 Å². The predicted octanol–water partition coefficient (Wildman–Crippen LogP) is -0.180. The SMILES string of the molecule is CCC(=O)CCOCCOCCNC(=O)CCN1C(=O)C=CC1=O. The van der Waals surface area contributed by atoms with Gasteiger partial charge in [-0.2, -0.15) is 0 Å². The first kappa shape index (κ1) is 20.0. The van der Waals surface area contributed by atoms with Crippen LogP contribution < -0.4 is 5.32 Å². The number of ether oxygens (including phenoxy) is 2. The smallest absolute Gasteiger partial charge is 0.253 e. The van der Waals surface area contributed by atoms with Crippen molar-refractivity contribution in [3.8, 4) is 0 Å². The maximum atomic E-state index is 11.6. The molecule has 1 heterocycles. The number of hydrogen-bond donors (Lipinski definition) is 1. The van der Waals surface area contributed by atoms with Gasteiger partial charge in [-0.3, -0.25) is 24.1 Å². The minimum atomic E-state index is -0.392. The fourth-order valence-electron chi connectivity index (χ4n) is 1.90. The summed E-state index contributed by atoms with van der Waals surface area (Å²) in [5.74, 6) is -0.860. The van der Waals surface area contributed by atoms with Crippen molar-refractivity contribution in [3.05, 3.63) is 12.2 Å². The Bertz CT molecular complexity index is 471. The van der Waals surface area contributed by atoms with E-state index >= 15 is 0 Å². The molecular weight excluding hydrogens is 316 g/mol. The van der Waals surface area contributed by atoms with E-state index in [0.29, 0.717) is 45.8 Å². The molecule has 0 saturated heterocycles. The second kappa shape index (κ2) is 11.5. The van der Waals surface area contributed by atoms with Gasteiger partial charge >= 0.3 is 0 Å². The van der Waals surface area contributed by atoms with Gasteiger partial charge in [0.1, 0.15) is 5.78 Å². The highest BCUT2D eigenvalue weighted by Gasteiger charge is 2.23. The molecule has 0 aromatic carbocycles. The molecule has 134 valence electrons. The fraction of sp³-hybridized carbons (Fsp3) is 0.625. The Morgan fingerprint density at radius 2 is 1.62 bits per heavy atom. The molecule has 0 atom stereocenters. The third kappa shape index (κ3) is 7.98. The van der Waals surface area contributed by atoms with E-state index in [1.807, 2.05) is 6.92 Å². The lowest BCUT2D eigenvalue weighted by Crippen LogP contribution is -2.35. The second-order valence-electron chi connectivity index (χ2n) is 5.13. The van der Waals surface area contributed by atoms with E-state index in [9.17, 15) is 19.2 Å². The van der Waals surface area contributed by atoms with E-state index in [0.717, 1.165) is 4.90 Å². The van der Waals surface area contributed by atoms with Crippen LogP contribution in [0, 0.1) is 0 Å². The van der Waals surface area contributed by atoms with Crippen molar-refractivity contribution in [1.29, 1.82) is 0 Å². The third-order valence-corrected chi connectivity index (χ3v) is 3.32. The van der Waals surface area contributed by atoms with Crippen molar-refractivity contribution in [2.75, 3.05) is 39.5 Å². The summed E-state index contributed by atoms with van der Waals surface area (Å²) in [6, 6.07) is 0. The highest BCUT2D eigenvalue weighted by molar-refractivity contribution is 6.13. The Morgan fingerprint density at radius 3 is 2.25 bits per heavy atom. The van der Waals surface area contributed by atoms with Crippen LogP contribution in [0.5, 0.6) is 0 Å². The summed E-state index contributed by atoms with van der Waals surface area (Å²) in [6.45, 7) is 3.75. The highest BCUT2D eigenvalue weighted by Crippen LogP contribution is 2.03. The lowest BCUT2D eigenvalue weighted by molar-refractivity contribution is -0.137. The molecule has 1 N–H and O–H groups in total. The Kier molecular flexibility index (Phi) is 9.55. The first-order valence-corrected chi connectivity index (χ1v) is 8.02. The largest absolute Gasteiger partial charge is 0.379 e. The number of imide groups is 1. The maximum absolute atomic E-state index is 11.6. The van der Waals surface area contributed by atoms with Gasteiger partial charge < -0.3 is 14.8 Å². The van der Waals surface area contributed by atoms with Gasteiger partial charge in [-0.05, 0) is 0 Å². The third-order valence-electron chi connectivity index (χ3n) is 3.32. The number of rotatable bonds is 13. The molecule has 1 aliphatic rings. The standard InChI is InChI=1S/C16H24N2O6/c1-2-13(19)6-9-23-11-12-24-10-7-17-14(20)5-8-18-15(21)3-4-16(18)22/h3-4H,2,5-12H2,1H3,(H,17,20). The number of ketones is 1. The monoisotopic (exact) mass is 340 g/mol. The van der Waals surface area contributed by atoms with Crippen LogP contribution in [0.25, 0.3) is 0 Å². The van der Waals surface area contributed by atoms with Crippen LogP contribution in [-0.4, -0.2) is 67.9 Å². The van der Waals surface area contributed by atoms with Crippen molar-refractivity contribution in [2.45, 2.75) is 26.2 Å². The molecular formula is C16H24N2O6. The number of Topliss-reactive ketones (excluding diaryl/α,β-unsaturated/α-hetero) is 1. The topological polar surface area (TPSA) is 102 Å². The summed E-state index contributed by atoms with van der Waals surface area (Å²) >= 11 is 0. The average Bonchev–Trinajstić information content (AvgIpc) is 2.89.